The molecular weight excluding hydrogens is 216 g/mol. The second-order valence-corrected chi connectivity index (χ2v) is 4.59. The Morgan fingerprint density at radius 1 is 1.41 bits per heavy atom. The van der Waals surface area contributed by atoms with Crippen LogP contribution >= 0.6 is 0 Å². The first-order valence-corrected chi connectivity index (χ1v) is 5.98. The van der Waals surface area contributed by atoms with Gasteiger partial charge in [0.25, 0.3) is 0 Å². The molecule has 0 aliphatic heterocycles. The van der Waals surface area contributed by atoms with Gasteiger partial charge in [-0.3, -0.25) is 0 Å². The first-order chi connectivity index (χ1) is 8.28. The molecule has 0 radical (unpaired) electrons. The normalized spacial score (nSPS) is 24.4. The smallest absolute Gasteiger partial charge is 0.200 e. The molecule has 1 aliphatic rings. The molecule has 4 heteroatoms. The van der Waals surface area contributed by atoms with Crippen LogP contribution in [-0.2, 0) is 0 Å². The van der Waals surface area contributed by atoms with Crippen molar-refractivity contribution in [1.29, 1.82) is 0 Å². The summed E-state index contributed by atoms with van der Waals surface area (Å²) < 4.78 is 11.0. The van der Waals surface area contributed by atoms with E-state index in [1.807, 2.05) is 18.2 Å². The van der Waals surface area contributed by atoms with Crippen LogP contribution in [0, 0.1) is 0 Å². The molecule has 1 aliphatic carbocycles. The van der Waals surface area contributed by atoms with Crippen LogP contribution in [0.15, 0.2) is 22.6 Å². The van der Waals surface area contributed by atoms with Gasteiger partial charge >= 0.3 is 0 Å². The Kier molecular flexibility index (Phi) is 2.52. The number of benzene rings is 1. The Hall–Kier alpha value is -1.55. The Morgan fingerprint density at radius 2 is 2.29 bits per heavy atom. The molecule has 0 amide bonds. The molecular formula is C13H16N2O2. The largest absolute Gasteiger partial charge is 0.497 e. The van der Waals surface area contributed by atoms with Crippen LogP contribution in [-0.4, -0.2) is 18.1 Å². The molecule has 1 fully saturated rings. The van der Waals surface area contributed by atoms with Gasteiger partial charge in [-0.15, -0.1) is 0 Å². The third-order valence-electron chi connectivity index (χ3n) is 3.50. The standard InChI is InChI=1S/C13H16N2O2/c1-16-8-5-6-11-12(7-8)17-13(15-11)9-3-2-4-10(9)14/h5-7,9-10H,2-4,14H2,1H3. The topological polar surface area (TPSA) is 61.3 Å². The fraction of sp³-hybridized carbons (Fsp3) is 0.462. The van der Waals surface area contributed by atoms with Crippen LogP contribution in [0.2, 0.25) is 0 Å². The number of methoxy groups -OCH3 is 1. The van der Waals surface area contributed by atoms with Gasteiger partial charge in [0.15, 0.2) is 11.5 Å². The van der Waals surface area contributed by atoms with E-state index < -0.39 is 0 Å². The Balaban J connectivity index is 2.01. The fourth-order valence-electron chi connectivity index (χ4n) is 2.50. The van der Waals surface area contributed by atoms with Crippen molar-refractivity contribution in [3.8, 4) is 5.75 Å². The van der Waals surface area contributed by atoms with Crippen molar-refractivity contribution in [3.63, 3.8) is 0 Å². The van der Waals surface area contributed by atoms with E-state index in [0.717, 1.165) is 42.0 Å². The number of rotatable bonds is 2. The summed E-state index contributed by atoms with van der Waals surface area (Å²) in [5, 5.41) is 0. The molecule has 4 nitrogen and oxygen atoms in total. The maximum atomic E-state index is 6.06. The minimum absolute atomic E-state index is 0.185. The van der Waals surface area contributed by atoms with Gasteiger partial charge < -0.3 is 14.9 Å². The summed E-state index contributed by atoms with van der Waals surface area (Å²) in [7, 11) is 1.64. The fourth-order valence-corrected chi connectivity index (χ4v) is 2.50. The molecule has 17 heavy (non-hydrogen) atoms. The van der Waals surface area contributed by atoms with Gasteiger partial charge in [0.1, 0.15) is 11.3 Å². The highest BCUT2D eigenvalue weighted by atomic mass is 16.5. The average molecular weight is 232 g/mol. The van der Waals surface area contributed by atoms with Gasteiger partial charge in [0.05, 0.1) is 13.0 Å². The molecule has 0 spiro atoms. The summed E-state index contributed by atoms with van der Waals surface area (Å²) in [5.74, 6) is 1.84. The highest BCUT2D eigenvalue weighted by Gasteiger charge is 2.29. The van der Waals surface area contributed by atoms with Gasteiger partial charge in [-0.2, -0.15) is 0 Å². The number of nitrogens with two attached hydrogens (primary N) is 1. The van der Waals surface area contributed by atoms with Crippen molar-refractivity contribution in [2.45, 2.75) is 31.2 Å². The third kappa shape index (κ3) is 1.78. The lowest BCUT2D eigenvalue weighted by atomic mass is 10.1. The number of aromatic nitrogens is 1. The third-order valence-corrected chi connectivity index (χ3v) is 3.50. The zero-order chi connectivity index (χ0) is 11.8. The van der Waals surface area contributed by atoms with E-state index in [0.29, 0.717) is 0 Å². The summed E-state index contributed by atoms with van der Waals surface area (Å²) in [6.07, 6.45) is 3.30. The summed E-state index contributed by atoms with van der Waals surface area (Å²) in [4.78, 5) is 4.52. The van der Waals surface area contributed by atoms with Gasteiger partial charge in [0, 0.05) is 12.1 Å². The first kappa shape index (κ1) is 10.6. The molecule has 0 saturated heterocycles. The van der Waals surface area contributed by atoms with E-state index in [1.54, 1.807) is 7.11 Å². The van der Waals surface area contributed by atoms with E-state index in [1.165, 1.54) is 0 Å². The number of oxazole rings is 1. The predicted molar refractivity (Wildman–Crippen MR) is 65.1 cm³/mol. The van der Waals surface area contributed by atoms with Crippen LogP contribution in [0.25, 0.3) is 11.1 Å². The van der Waals surface area contributed by atoms with Crippen molar-refractivity contribution >= 4 is 11.1 Å². The second kappa shape index (κ2) is 4.04. The Labute approximate surface area is 99.8 Å². The molecule has 2 unspecified atom stereocenters. The molecule has 3 rings (SSSR count). The maximum Gasteiger partial charge on any atom is 0.200 e. The lowest BCUT2D eigenvalue weighted by Gasteiger charge is -2.09. The molecule has 1 aromatic heterocycles. The minimum atomic E-state index is 0.185. The molecule has 2 atom stereocenters. The summed E-state index contributed by atoms with van der Waals surface area (Å²) in [6, 6.07) is 5.86. The highest BCUT2D eigenvalue weighted by Crippen LogP contribution is 2.34. The predicted octanol–water partition coefficient (Wildman–Crippen LogP) is 2.43. The SMILES string of the molecule is COc1ccc2nc(C3CCCC3N)oc2c1. The molecule has 1 aromatic carbocycles. The van der Waals surface area contributed by atoms with Crippen molar-refractivity contribution in [1.82, 2.24) is 4.98 Å². The highest BCUT2D eigenvalue weighted by molar-refractivity contribution is 5.74. The van der Waals surface area contributed by atoms with Crippen molar-refractivity contribution < 1.29 is 9.15 Å². The molecule has 1 heterocycles. The summed E-state index contributed by atoms with van der Waals surface area (Å²) in [6.45, 7) is 0. The van der Waals surface area contributed by atoms with Crippen LogP contribution in [0.4, 0.5) is 0 Å². The Morgan fingerprint density at radius 3 is 3.00 bits per heavy atom. The lowest BCUT2D eigenvalue weighted by Crippen LogP contribution is -2.22. The zero-order valence-electron chi connectivity index (χ0n) is 9.85. The number of hydrogen-bond donors (Lipinski definition) is 1. The summed E-state index contributed by atoms with van der Waals surface area (Å²) in [5.41, 5.74) is 7.72. The first-order valence-electron chi connectivity index (χ1n) is 5.98. The number of ether oxygens (including phenoxy) is 1. The van der Waals surface area contributed by atoms with Gasteiger partial charge in [0.2, 0.25) is 0 Å². The average Bonchev–Trinajstić information content (AvgIpc) is 2.93. The second-order valence-electron chi connectivity index (χ2n) is 4.59. The number of hydrogen-bond acceptors (Lipinski definition) is 4. The van der Waals surface area contributed by atoms with Crippen molar-refractivity contribution in [2.24, 2.45) is 5.73 Å². The minimum Gasteiger partial charge on any atom is -0.497 e. The maximum absolute atomic E-state index is 6.06. The quantitative estimate of drug-likeness (QED) is 0.863. The van der Waals surface area contributed by atoms with Crippen LogP contribution in [0.3, 0.4) is 0 Å². The van der Waals surface area contributed by atoms with E-state index in [4.69, 9.17) is 14.9 Å². The van der Waals surface area contributed by atoms with E-state index in [2.05, 4.69) is 4.98 Å². The molecule has 1 saturated carbocycles. The van der Waals surface area contributed by atoms with E-state index >= 15 is 0 Å². The van der Waals surface area contributed by atoms with E-state index in [-0.39, 0.29) is 12.0 Å². The van der Waals surface area contributed by atoms with Gasteiger partial charge in [-0.1, -0.05) is 6.42 Å². The van der Waals surface area contributed by atoms with Crippen LogP contribution in [0.5, 0.6) is 5.75 Å². The summed E-state index contributed by atoms with van der Waals surface area (Å²) >= 11 is 0. The van der Waals surface area contributed by atoms with Gasteiger partial charge in [-0.25, -0.2) is 4.98 Å². The molecule has 90 valence electrons. The van der Waals surface area contributed by atoms with Crippen LogP contribution in [0.1, 0.15) is 31.1 Å². The van der Waals surface area contributed by atoms with Crippen molar-refractivity contribution in [3.05, 3.63) is 24.1 Å². The zero-order valence-corrected chi connectivity index (χ0v) is 9.85. The Bertz CT molecular complexity index is 535. The lowest BCUT2D eigenvalue weighted by molar-refractivity contribution is 0.413. The number of fused-ring (bicyclic) bond motifs is 1. The molecule has 0 bridgehead atoms. The number of nitrogens with zero attached hydrogens (tertiary/aromatic N) is 1. The van der Waals surface area contributed by atoms with E-state index in [9.17, 15) is 0 Å². The van der Waals surface area contributed by atoms with Crippen molar-refractivity contribution in [2.75, 3.05) is 7.11 Å². The monoisotopic (exact) mass is 232 g/mol. The molecule has 2 aromatic rings. The molecule has 2 N–H and O–H groups in total. The van der Waals surface area contributed by atoms with Crippen LogP contribution < -0.4 is 10.5 Å². The van der Waals surface area contributed by atoms with Gasteiger partial charge in [-0.05, 0) is 25.0 Å².